The fraction of sp³-hybridized carbons (Fsp3) is 0.250. The molecule has 2 amide bonds. The van der Waals surface area contributed by atoms with Crippen LogP contribution in [0.1, 0.15) is 23.4 Å². The number of nitrogens with zero attached hydrogens (tertiary/aromatic N) is 2. The SMILES string of the molecule is O=C1CCCN1CN(C(=O)c1ccco1)c1ccc(F)cc1. The van der Waals surface area contributed by atoms with Crippen molar-refractivity contribution >= 4 is 17.5 Å². The van der Waals surface area contributed by atoms with E-state index >= 15 is 0 Å². The highest BCUT2D eigenvalue weighted by molar-refractivity contribution is 6.04. The van der Waals surface area contributed by atoms with Crippen LogP contribution in [-0.2, 0) is 4.79 Å². The molecule has 2 heterocycles. The van der Waals surface area contributed by atoms with Gasteiger partial charge in [0.05, 0.1) is 6.26 Å². The molecule has 0 atom stereocenters. The van der Waals surface area contributed by atoms with Crippen molar-refractivity contribution in [3.63, 3.8) is 0 Å². The van der Waals surface area contributed by atoms with E-state index in [4.69, 9.17) is 4.42 Å². The van der Waals surface area contributed by atoms with Crippen LogP contribution >= 0.6 is 0 Å². The van der Waals surface area contributed by atoms with Gasteiger partial charge < -0.3 is 9.32 Å². The smallest absolute Gasteiger partial charge is 0.295 e. The molecule has 6 heteroatoms. The van der Waals surface area contributed by atoms with E-state index in [1.54, 1.807) is 17.0 Å². The van der Waals surface area contributed by atoms with Crippen molar-refractivity contribution in [1.29, 1.82) is 0 Å². The highest BCUT2D eigenvalue weighted by Crippen LogP contribution is 2.20. The fourth-order valence-electron chi connectivity index (χ4n) is 2.44. The van der Waals surface area contributed by atoms with Gasteiger partial charge in [-0.15, -0.1) is 0 Å². The molecule has 1 aliphatic rings. The van der Waals surface area contributed by atoms with E-state index in [0.29, 0.717) is 18.7 Å². The lowest BCUT2D eigenvalue weighted by Gasteiger charge is -2.27. The van der Waals surface area contributed by atoms with E-state index in [1.807, 2.05) is 0 Å². The number of carbonyl (C=O) groups is 2. The quantitative estimate of drug-likeness (QED) is 0.872. The number of benzene rings is 1. The van der Waals surface area contributed by atoms with Crippen LogP contribution in [0.3, 0.4) is 0 Å². The minimum atomic E-state index is -0.383. The molecule has 0 N–H and O–H groups in total. The zero-order chi connectivity index (χ0) is 15.5. The average Bonchev–Trinajstić information content (AvgIpc) is 3.17. The van der Waals surface area contributed by atoms with Gasteiger partial charge in [0, 0.05) is 18.7 Å². The van der Waals surface area contributed by atoms with Gasteiger partial charge in [0.25, 0.3) is 5.91 Å². The first kappa shape index (κ1) is 14.3. The second-order valence-corrected chi connectivity index (χ2v) is 5.09. The predicted octanol–water partition coefficient (Wildman–Crippen LogP) is 2.65. The van der Waals surface area contributed by atoms with E-state index in [-0.39, 0.29) is 30.1 Å². The monoisotopic (exact) mass is 302 g/mol. The normalized spacial score (nSPS) is 14.4. The molecule has 2 aromatic rings. The second kappa shape index (κ2) is 6.01. The van der Waals surface area contributed by atoms with E-state index in [0.717, 1.165) is 6.42 Å². The Labute approximate surface area is 126 Å². The second-order valence-electron chi connectivity index (χ2n) is 5.09. The average molecular weight is 302 g/mol. The maximum Gasteiger partial charge on any atom is 0.295 e. The largest absolute Gasteiger partial charge is 0.459 e. The van der Waals surface area contributed by atoms with Crippen molar-refractivity contribution in [3.8, 4) is 0 Å². The number of rotatable bonds is 4. The molecular weight excluding hydrogens is 287 g/mol. The first-order valence-electron chi connectivity index (χ1n) is 7.04. The van der Waals surface area contributed by atoms with Crippen molar-refractivity contribution in [3.05, 3.63) is 54.2 Å². The molecule has 0 unspecified atom stereocenters. The number of halogens is 1. The Morgan fingerprint density at radius 3 is 2.64 bits per heavy atom. The molecule has 1 fully saturated rings. The van der Waals surface area contributed by atoms with Gasteiger partial charge in [0.1, 0.15) is 12.5 Å². The molecule has 0 aliphatic carbocycles. The van der Waals surface area contributed by atoms with Gasteiger partial charge >= 0.3 is 0 Å². The predicted molar refractivity (Wildman–Crippen MR) is 77.7 cm³/mol. The van der Waals surface area contributed by atoms with Gasteiger partial charge in [-0.2, -0.15) is 0 Å². The van der Waals surface area contributed by atoms with Crippen LogP contribution in [0.5, 0.6) is 0 Å². The zero-order valence-corrected chi connectivity index (χ0v) is 11.9. The molecular formula is C16H15FN2O3. The van der Waals surface area contributed by atoms with Crippen molar-refractivity contribution in [2.75, 3.05) is 18.1 Å². The molecule has 22 heavy (non-hydrogen) atoms. The maximum absolute atomic E-state index is 13.1. The van der Waals surface area contributed by atoms with Crippen molar-refractivity contribution in [2.24, 2.45) is 0 Å². The summed E-state index contributed by atoms with van der Waals surface area (Å²) in [4.78, 5) is 27.4. The Hall–Kier alpha value is -2.63. The molecule has 0 radical (unpaired) electrons. The van der Waals surface area contributed by atoms with Crippen LogP contribution in [0, 0.1) is 5.82 Å². The Kier molecular flexibility index (Phi) is 3.91. The summed E-state index contributed by atoms with van der Waals surface area (Å²) in [6.45, 7) is 0.742. The van der Waals surface area contributed by atoms with E-state index in [9.17, 15) is 14.0 Å². The van der Waals surface area contributed by atoms with Crippen LogP contribution in [0.2, 0.25) is 0 Å². The molecule has 5 nitrogen and oxygen atoms in total. The fourth-order valence-corrected chi connectivity index (χ4v) is 2.44. The highest BCUT2D eigenvalue weighted by Gasteiger charge is 2.27. The first-order chi connectivity index (χ1) is 10.6. The molecule has 1 aromatic carbocycles. The summed E-state index contributed by atoms with van der Waals surface area (Å²) in [6, 6.07) is 8.77. The lowest BCUT2D eigenvalue weighted by atomic mass is 10.2. The van der Waals surface area contributed by atoms with Gasteiger partial charge in [-0.25, -0.2) is 4.39 Å². The molecule has 1 saturated heterocycles. The Bertz CT molecular complexity index is 667. The number of hydrogen-bond donors (Lipinski definition) is 0. The topological polar surface area (TPSA) is 53.8 Å². The number of furan rings is 1. The van der Waals surface area contributed by atoms with Crippen LogP contribution < -0.4 is 4.90 Å². The lowest BCUT2D eigenvalue weighted by molar-refractivity contribution is -0.127. The van der Waals surface area contributed by atoms with E-state index in [2.05, 4.69) is 0 Å². The van der Waals surface area contributed by atoms with Gasteiger partial charge in [-0.1, -0.05) is 0 Å². The highest BCUT2D eigenvalue weighted by atomic mass is 19.1. The van der Waals surface area contributed by atoms with Crippen molar-refractivity contribution in [2.45, 2.75) is 12.8 Å². The lowest BCUT2D eigenvalue weighted by Crippen LogP contribution is -2.42. The summed E-state index contributed by atoms with van der Waals surface area (Å²) < 4.78 is 18.2. The molecule has 0 spiro atoms. The molecule has 0 bridgehead atoms. The number of hydrogen-bond acceptors (Lipinski definition) is 3. The summed E-state index contributed by atoms with van der Waals surface area (Å²) >= 11 is 0. The summed E-state index contributed by atoms with van der Waals surface area (Å²) in [6.07, 6.45) is 2.69. The molecule has 0 saturated carbocycles. The van der Waals surface area contributed by atoms with Crippen molar-refractivity contribution in [1.82, 2.24) is 4.90 Å². The van der Waals surface area contributed by atoms with E-state index in [1.165, 1.54) is 35.4 Å². The summed E-state index contributed by atoms with van der Waals surface area (Å²) in [7, 11) is 0. The number of carbonyl (C=O) groups excluding carboxylic acids is 2. The minimum absolute atomic E-state index is 0.0133. The summed E-state index contributed by atoms with van der Waals surface area (Å²) in [5, 5.41) is 0. The summed E-state index contributed by atoms with van der Waals surface area (Å²) in [5.41, 5.74) is 0.516. The molecule has 1 aliphatic heterocycles. The van der Waals surface area contributed by atoms with Crippen molar-refractivity contribution < 1.29 is 18.4 Å². The number of anilines is 1. The minimum Gasteiger partial charge on any atom is -0.459 e. The van der Waals surface area contributed by atoms with Gasteiger partial charge in [0.15, 0.2) is 5.76 Å². The molecule has 114 valence electrons. The van der Waals surface area contributed by atoms with Gasteiger partial charge in [-0.05, 0) is 42.8 Å². The Balaban J connectivity index is 1.89. The first-order valence-corrected chi connectivity index (χ1v) is 7.04. The number of amides is 2. The summed E-state index contributed by atoms with van der Waals surface area (Å²) in [5.74, 6) is -0.557. The van der Waals surface area contributed by atoms with Crippen LogP contribution in [0.4, 0.5) is 10.1 Å². The van der Waals surface area contributed by atoms with Gasteiger partial charge in [-0.3, -0.25) is 14.5 Å². The third-order valence-corrected chi connectivity index (χ3v) is 3.60. The van der Waals surface area contributed by atoms with Crippen LogP contribution in [-0.4, -0.2) is 29.9 Å². The third kappa shape index (κ3) is 2.86. The maximum atomic E-state index is 13.1. The molecule has 3 rings (SSSR count). The molecule has 1 aromatic heterocycles. The van der Waals surface area contributed by atoms with Gasteiger partial charge in [0.2, 0.25) is 5.91 Å². The Morgan fingerprint density at radius 2 is 2.05 bits per heavy atom. The Morgan fingerprint density at radius 1 is 1.27 bits per heavy atom. The van der Waals surface area contributed by atoms with Crippen LogP contribution in [0.15, 0.2) is 47.1 Å². The van der Waals surface area contributed by atoms with E-state index < -0.39 is 0 Å². The standard InChI is InChI=1S/C16H15FN2O3/c17-12-5-7-13(8-6-12)19(11-18-9-1-4-15(18)20)16(21)14-3-2-10-22-14/h2-3,5-8,10H,1,4,9,11H2. The van der Waals surface area contributed by atoms with Crippen LogP contribution in [0.25, 0.3) is 0 Å². The zero-order valence-electron chi connectivity index (χ0n) is 11.9. The third-order valence-electron chi connectivity index (χ3n) is 3.60. The number of likely N-dealkylation sites (tertiary alicyclic amines) is 1.